The Morgan fingerprint density at radius 1 is 0.433 bits per heavy atom. The molecule has 0 N–H and O–H groups in total. The number of nitrogens with zero attached hydrogens (tertiary/aromatic N) is 18. The molecule has 14 aromatic heterocycles. The van der Waals surface area contributed by atoms with E-state index in [1.165, 1.54) is 80.0 Å². The maximum atomic E-state index is 13.2. The molecule has 30 heteroatoms. The number of ether oxygens (including phenoxy) is 4. The Labute approximate surface area is 698 Å². The lowest BCUT2D eigenvalue weighted by atomic mass is 9.80. The number of hydrogen-bond acceptors (Lipinski definition) is 29. The van der Waals surface area contributed by atoms with E-state index >= 15 is 0 Å². The average molecular weight is 1640 g/mol. The van der Waals surface area contributed by atoms with E-state index in [-0.39, 0.29) is 60.3 Å². The van der Waals surface area contributed by atoms with Crippen molar-refractivity contribution in [2.24, 2.45) is 11.8 Å². The summed E-state index contributed by atoms with van der Waals surface area (Å²) in [6.07, 6.45) is 34.1. The molecule has 120 heavy (non-hydrogen) atoms. The SMILES string of the molecule is CC(F)c1csc(CC(=O)c2cc(Oc3cncnc3)ccn2)n1.CC1CCC(CC(=O)c2cc(Oc3cccnc3)ccn2)CC1.CCc1cccc(CC(=O)c2cc(Oc3cccnc3)ccn2)n1.Cc1cccc(CC(=O)c2cc(N(C)c3cncnc3)ccn2)n1.O=C(Cc1nc2ccccc2s1)c1cc(Oc2cncnc2)ccn1. The van der Waals surface area contributed by atoms with E-state index in [9.17, 15) is 28.4 Å². The number of aryl methyl sites for hydroxylation is 2. The van der Waals surface area contributed by atoms with Gasteiger partial charge in [0.05, 0.1) is 96.9 Å². The van der Waals surface area contributed by atoms with Gasteiger partial charge in [-0.05, 0) is 142 Å². The Bertz CT molecular complexity index is 5830. The van der Waals surface area contributed by atoms with Gasteiger partial charge in [0.15, 0.2) is 40.4 Å². The number of pyridine rings is 9. The number of carbonyl (C=O) groups is 5. The minimum absolute atomic E-state index is 0.0624. The molecule has 1 aromatic carbocycles. The van der Waals surface area contributed by atoms with E-state index in [4.69, 9.17) is 18.9 Å². The molecule has 1 unspecified atom stereocenters. The highest BCUT2D eigenvalue weighted by atomic mass is 32.1. The topological polar surface area (TPSA) is 345 Å². The van der Waals surface area contributed by atoms with Gasteiger partial charge in [0.2, 0.25) is 0 Å². The number of halogens is 1. The Hall–Kier alpha value is -14.4. The Morgan fingerprint density at radius 3 is 1.38 bits per heavy atom. The van der Waals surface area contributed by atoms with Crippen LogP contribution in [0.3, 0.4) is 0 Å². The number of ketones is 5. The number of Topliss-reactive ketones (excluding diaryl/α,β-unsaturated/α-hetero) is 5. The largest absolute Gasteiger partial charge is 0.456 e. The number of para-hydroxylation sites is 1. The number of anilines is 2. The molecule has 0 bridgehead atoms. The first-order valence-corrected chi connectivity index (χ1v) is 39.9. The number of alkyl halides is 1. The van der Waals surface area contributed by atoms with Gasteiger partial charge >= 0.3 is 0 Å². The van der Waals surface area contributed by atoms with Gasteiger partial charge in [0.1, 0.15) is 98.1 Å². The summed E-state index contributed by atoms with van der Waals surface area (Å²) < 4.78 is 36.9. The standard InChI is InChI=1S/C19H17N3O2.C19H22N2O2.C18H17N5O.C18H12N4O2S.C16H13FN4O2S/c1-2-14-5-3-6-15(22-14)11-19(23)18-12-16(8-10-21-18)24-17-7-4-9-20-13-17;1-14-4-6-15(7-5-14)11-19(22)18-12-16(8-10-21-18)23-17-3-2-9-20-13-17;1-13-4-3-5-14(22-13)8-18(24)17-9-15(6-7-21-17)23(2)16-10-19-12-20-11-16;23-16(8-18-22-14-3-1-2-4-17(14)25-18)15-7-12(5-6-21-15)24-13-9-19-11-20-10-13;1-10(17)14-8-24-16(21-14)5-15(22)13-4-11(2-3-20-13)23-12-6-18-9-19-7-12/h3-10,12-13H,2,11H2,1H3;2-3,8-10,12-15H,4-7,11H2,1H3;3-7,9-12H,8H2,1-2H3;1-7,9-11H,8H2;2-4,6-10H,5H2,1H3. The van der Waals surface area contributed by atoms with Crippen molar-refractivity contribution < 1.29 is 47.3 Å². The summed E-state index contributed by atoms with van der Waals surface area (Å²) in [6, 6.07) is 43.4. The molecule has 27 nitrogen and oxygen atoms in total. The van der Waals surface area contributed by atoms with Crippen molar-refractivity contribution in [1.82, 2.24) is 84.7 Å². The molecular weight excluding hydrogens is 1560 g/mol. The molecule has 604 valence electrons. The third-order valence-electron chi connectivity index (χ3n) is 18.1. The van der Waals surface area contributed by atoms with Gasteiger partial charge in [-0.1, -0.05) is 51.0 Å². The van der Waals surface area contributed by atoms with E-state index in [0.717, 1.165) is 74.6 Å². The summed E-state index contributed by atoms with van der Waals surface area (Å²) in [5.41, 5.74) is 8.17. The summed E-state index contributed by atoms with van der Waals surface area (Å²) in [4.78, 5) is 134. The number of fused-ring (bicyclic) bond motifs is 1. The lowest BCUT2D eigenvalue weighted by molar-refractivity contribution is 0.0935. The van der Waals surface area contributed by atoms with Crippen molar-refractivity contribution in [3.63, 3.8) is 0 Å². The quantitative estimate of drug-likeness (QED) is 0.0432. The fraction of sp³-hybridized carbons (Fsp3) is 0.200. The highest BCUT2D eigenvalue weighted by Gasteiger charge is 2.24. The molecule has 1 aliphatic rings. The summed E-state index contributed by atoms with van der Waals surface area (Å²) in [5, 5.41) is 2.95. The fourth-order valence-electron chi connectivity index (χ4n) is 11.9. The third kappa shape index (κ3) is 26.3. The minimum Gasteiger partial charge on any atom is -0.456 e. The molecule has 0 radical (unpaired) electrons. The lowest BCUT2D eigenvalue weighted by Crippen LogP contribution is -2.16. The first-order chi connectivity index (χ1) is 58.5. The van der Waals surface area contributed by atoms with Crippen LogP contribution in [0.5, 0.6) is 46.0 Å². The Kier molecular flexibility index (Phi) is 30.8. The van der Waals surface area contributed by atoms with Crippen LogP contribution in [0.15, 0.2) is 263 Å². The van der Waals surface area contributed by atoms with Crippen LogP contribution >= 0.6 is 22.7 Å². The zero-order valence-electron chi connectivity index (χ0n) is 66.0. The predicted molar refractivity (Wildman–Crippen MR) is 450 cm³/mol. The average Bonchev–Trinajstić information content (AvgIpc) is 1.40. The number of rotatable bonds is 27. The molecule has 15 aromatic rings. The van der Waals surface area contributed by atoms with Crippen LogP contribution in [0.2, 0.25) is 0 Å². The molecular formula is C90H81FN18O9S2. The highest BCUT2D eigenvalue weighted by Crippen LogP contribution is 2.33. The van der Waals surface area contributed by atoms with Crippen molar-refractivity contribution in [1.29, 1.82) is 0 Å². The van der Waals surface area contributed by atoms with E-state index in [1.54, 1.807) is 146 Å². The maximum absolute atomic E-state index is 13.2. The fourth-order valence-corrected chi connectivity index (χ4v) is 13.7. The van der Waals surface area contributed by atoms with Crippen LogP contribution in [0, 0.1) is 18.8 Å². The van der Waals surface area contributed by atoms with Crippen molar-refractivity contribution in [2.45, 2.75) is 98.1 Å². The molecule has 0 saturated heterocycles. The molecule has 1 atom stereocenters. The summed E-state index contributed by atoms with van der Waals surface area (Å²) in [6.45, 7) is 7.65. The summed E-state index contributed by atoms with van der Waals surface area (Å²) >= 11 is 2.78. The van der Waals surface area contributed by atoms with Crippen LogP contribution in [-0.2, 0) is 32.1 Å². The monoisotopic (exact) mass is 1640 g/mol. The van der Waals surface area contributed by atoms with Crippen molar-refractivity contribution in [3.05, 3.63) is 330 Å². The molecule has 14 heterocycles. The van der Waals surface area contributed by atoms with Crippen LogP contribution in [-0.4, -0.2) is 121 Å². The van der Waals surface area contributed by atoms with Crippen LogP contribution < -0.4 is 23.8 Å². The second-order valence-corrected chi connectivity index (χ2v) is 29.3. The Balaban J connectivity index is 0.000000138. The van der Waals surface area contributed by atoms with Gasteiger partial charge < -0.3 is 23.8 Å². The van der Waals surface area contributed by atoms with E-state index in [0.29, 0.717) is 91.8 Å². The number of thiazole rings is 2. The zero-order valence-corrected chi connectivity index (χ0v) is 67.7. The van der Waals surface area contributed by atoms with Crippen molar-refractivity contribution in [3.8, 4) is 46.0 Å². The number of carbonyl (C=O) groups excluding carboxylic acids is 5. The molecule has 16 rings (SSSR count). The predicted octanol–water partition coefficient (Wildman–Crippen LogP) is 18.4. The van der Waals surface area contributed by atoms with Crippen LogP contribution in [0.4, 0.5) is 15.8 Å². The molecule has 1 saturated carbocycles. The smallest absolute Gasteiger partial charge is 0.188 e. The second-order valence-electron chi connectivity index (χ2n) is 27.3. The van der Waals surface area contributed by atoms with E-state index in [1.807, 2.05) is 105 Å². The van der Waals surface area contributed by atoms with E-state index in [2.05, 4.69) is 91.7 Å². The van der Waals surface area contributed by atoms with Gasteiger partial charge in [-0.15, -0.1) is 22.7 Å². The minimum atomic E-state index is -1.15. The lowest BCUT2D eigenvalue weighted by Gasteiger charge is -2.25. The molecule has 0 amide bonds. The first kappa shape index (κ1) is 85.0. The van der Waals surface area contributed by atoms with Crippen molar-refractivity contribution >= 4 is 73.2 Å². The van der Waals surface area contributed by atoms with Gasteiger partial charge in [0.25, 0.3) is 0 Å². The number of benzene rings is 1. The molecule has 0 spiro atoms. The zero-order chi connectivity index (χ0) is 83.8. The van der Waals surface area contributed by atoms with Gasteiger partial charge in [-0.2, -0.15) is 0 Å². The van der Waals surface area contributed by atoms with Gasteiger partial charge in [-0.3, -0.25) is 68.8 Å². The molecule has 1 aliphatic carbocycles. The number of hydrogen-bond donors (Lipinski definition) is 0. The third-order valence-corrected chi connectivity index (χ3v) is 20.0. The number of aromatic nitrogens is 17. The van der Waals surface area contributed by atoms with Crippen molar-refractivity contribution in [2.75, 3.05) is 11.9 Å². The van der Waals surface area contributed by atoms with Crippen LogP contribution in [0.1, 0.15) is 150 Å². The molecule has 0 aliphatic heterocycles. The molecule has 1 fully saturated rings. The normalized spacial score (nSPS) is 12.8. The van der Waals surface area contributed by atoms with E-state index < -0.39 is 6.17 Å². The first-order valence-electron chi connectivity index (χ1n) is 38.2. The highest BCUT2D eigenvalue weighted by molar-refractivity contribution is 7.18. The summed E-state index contributed by atoms with van der Waals surface area (Å²) in [5.74, 6) is 5.31. The Morgan fingerprint density at radius 2 is 0.883 bits per heavy atom. The summed E-state index contributed by atoms with van der Waals surface area (Å²) in [7, 11) is 1.89. The van der Waals surface area contributed by atoms with Gasteiger partial charge in [-0.25, -0.2) is 44.3 Å². The maximum Gasteiger partial charge on any atom is 0.188 e. The van der Waals surface area contributed by atoms with Gasteiger partial charge in [0, 0.05) is 115 Å². The van der Waals surface area contributed by atoms with Crippen LogP contribution in [0.25, 0.3) is 10.2 Å². The second kappa shape index (κ2) is 43.5.